The van der Waals surface area contributed by atoms with Crippen LogP contribution in [0.3, 0.4) is 0 Å². The second-order valence-electron chi connectivity index (χ2n) is 4.20. The molecule has 1 heteroatoms. The van der Waals surface area contributed by atoms with Gasteiger partial charge in [-0.25, -0.2) is 0 Å². The Morgan fingerprint density at radius 3 is 2.35 bits per heavy atom. The SMILES string of the molecule is CC1=CC(CCc2ccccc2)=CC1.CC=O. The Bertz CT molecular complexity index is 399. The van der Waals surface area contributed by atoms with Crippen LogP contribution in [0.1, 0.15) is 32.3 Å². The van der Waals surface area contributed by atoms with E-state index in [9.17, 15) is 0 Å². The topological polar surface area (TPSA) is 17.1 Å². The summed E-state index contributed by atoms with van der Waals surface area (Å²) in [5.41, 5.74) is 4.44. The van der Waals surface area contributed by atoms with E-state index in [0.29, 0.717) is 0 Å². The van der Waals surface area contributed by atoms with Crippen molar-refractivity contribution in [2.24, 2.45) is 0 Å². The zero-order valence-corrected chi connectivity index (χ0v) is 10.6. The molecule has 0 radical (unpaired) electrons. The van der Waals surface area contributed by atoms with Crippen LogP contribution in [0.2, 0.25) is 0 Å². The molecule has 0 fully saturated rings. The van der Waals surface area contributed by atoms with Crippen LogP contribution in [0.15, 0.2) is 53.6 Å². The van der Waals surface area contributed by atoms with E-state index in [1.54, 1.807) is 0 Å². The van der Waals surface area contributed by atoms with E-state index in [0.717, 1.165) is 19.1 Å². The second kappa shape index (κ2) is 7.61. The number of aldehydes is 1. The van der Waals surface area contributed by atoms with Crippen molar-refractivity contribution in [3.05, 3.63) is 59.2 Å². The molecule has 2 rings (SSSR count). The summed E-state index contributed by atoms with van der Waals surface area (Å²) in [5.74, 6) is 0. The number of aryl methyl sites for hydroxylation is 1. The molecule has 0 atom stereocenters. The van der Waals surface area contributed by atoms with E-state index in [4.69, 9.17) is 4.79 Å². The number of hydrogen-bond acceptors (Lipinski definition) is 1. The summed E-state index contributed by atoms with van der Waals surface area (Å²) in [4.78, 5) is 8.81. The summed E-state index contributed by atoms with van der Waals surface area (Å²) in [5, 5.41) is 0. The average molecular weight is 228 g/mol. The molecule has 0 bridgehead atoms. The van der Waals surface area contributed by atoms with Gasteiger partial charge in [0.2, 0.25) is 0 Å². The van der Waals surface area contributed by atoms with Gasteiger partial charge in [0.05, 0.1) is 0 Å². The Balaban J connectivity index is 0.000000437. The number of hydrogen-bond donors (Lipinski definition) is 0. The Labute approximate surface area is 104 Å². The summed E-state index contributed by atoms with van der Waals surface area (Å²) in [6.45, 7) is 3.64. The standard InChI is InChI=1S/C14H16.C2H4O/c1-12-7-8-14(11-12)10-9-13-5-3-2-4-6-13;1-2-3/h2-6,8,11H,7,9-10H2,1H3;2H,1H3. The first-order valence-electron chi connectivity index (χ1n) is 6.06. The smallest absolute Gasteiger partial charge is 0.116 e. The summed E-state index contributed by atoms with van der Waals surface area (Å²) >= 11 is 0. The molecule has 1 aromatic rings. The zero-order valence-electron chi connectivity index (χ0n) is 10.6. The normalized spacial score (nSPS) is 13.3. The van der Waals surface area contributed by atoms with E-state index in [-0.39, 0.29) is 0 Å². The molecule has 0 spiro atoms. The molecular weight excluding hydrogens is 208 g/mol. The number of benzene rings is 1. The first kappa shape index (κ1) is 13.4. The molecule has 0 aromatic heterocycles. The summed E-state index contributed by atoms with van der Waals surface area (Å²) < 4.78 is 0. The van der Waals surface area contributed by atoms with E-state index in [1.165, 1.54) is 30.1 Å². The third-order valence-electron chi connectivity index (χ3n) is 2.66. The highest BCUT2D eigenvalue weighted by Crippen LogP contribution is 2.20. The monoisotopic (exact) mass is 228 g/mol. The Hall–Kier alpha value is -1.63. The van der Waals surface area contributed by atoms with Gasteiger partial charge in [0.1, 0.15) is 6.29 Å². The number of carbonyl (C=O) groups is 1. The highest BCUT2D eigenvalue weighted by Gasteiger charge is 2.02. The Kier molecular flexibility index (Phi) is 6.02. The Morgan fingerprint density at radius 2 is 1.82 bits per heavy atom. The first-order chi connectivity index (χ1) is 8.26. The van der Waals surface area contributed by atoms with E-state index in [1.807, 2.05) is 0 Å². The lowest BCUT2D eigenvalue weighted by atomic mass is 10.1. The van der Waals surface area contributed by atoms with Crippen LogP contribution in [-0.4, -0.2) is 6.29 Å². The number of allylic oxidation sites excluding steroid dienone is 4. The van der Waals surface area contributed by atoms with Crippen LogP contribution in [0.4, 0.5) is 0 Å². The molecule has 0 amide bonds. The minimum Gasteiger partial charge on any atom is -0.304 e. The molecule has 0 N–H and O–H groups in total. The van der Waals surface area contributed by atoms with E-state index in [2.05, 4.69) is 49.4 Å². The average Bonchev–Trinajstić information content (AvgIpc) is 2.75. The maximum Gasteiger partial charge on any atom is 0.116 e. The fourth-order valence-corrected chi connectivity index (χ4v) is 1.83. The lowest BCUT2D eigenvalue weighted by molar-refractivity contribution is -0.106. The summed E-state index contributed by atoms with van der Waals surface area (Å²) in [7, 11) is 0. The van der Waals surface area contributed by atoms with Gasteiger partial charge in [-0.1, -0.05) is 53.6 Å². The van der Waals surface area contributed by atoms with Crippen molar-refractivity contribution in [3.63, 3.8) is 0 Å². The van der Waals surface area contributed by atoms with Gasteiger partial charge in [0.15, 0.2) is 0 Å². The van der Waals surface area contributed by atoms with Crippen LogP contribution in [0, 0.1) is 0 Å². The van der Waals surface area contributed by atoms with Gasteiger partial charge in [-0.2, -0.15) is 0 Å². The molecule has 0 saturated carbocycles. The van der Waals surface area contributed by atoms with Crippen molar-refractivity contribution < 1.29 is 4.79 Å². The third-order valence-corrected chi connectivity index (χ3v) is 2.66. The maximum absolute atomic E-state index is 8.81. The molecule has 1 aromatic carbocycles. The molecule has 1 nitrogen and oxygen atoms in total. The van der Waals surface area contributed by atoms with Crippen molar-refractivity contribution >= 4 is 6.29 Å². The van der Waals surface area contributed by atoms with Crippen LogP contribution < -0.4 is 0 Å². The number of rotatable bonds is 3. The number of carbonyl (C=O) groups excluding carboxylic acids is 1. The van der Waals surface area contributed by atoms with Crippen LogP contribution in [-0.2, 0) is 11.2 Å². The van der Waals surface area contributed by atoms with Crippen molar-refractivity contribution in [2.45, 2.75) is 33.1 Å². The van der Waals surface area contributed by atoms with Gasteiger partial charge in [-0.3, -0.25) is 0 Å². The van der Waals surface area contributed by atoms with Crippen molar-refractivity contribution in [1.82, 2.24) is 0 Å². The van der Waals surface area contributed by atoms with Gasteiger partial charge in [-0.15, -0.1) is 0 Å². The maximum atomic E-state index is 8.81. The van der Waals surface area contributed by atoms with Gasteiger partial charge in [0.25, 0.3) is 0 Å². The highest BCUT2D eigenvalue weighted by molar-refractivity contribution is 5.44. The third kappa shape index (κ3) is 5.30. The molecule has 0 unspecified atom stereocenters. The summed E-state index contributed by atoms with van der Waals surface area (Å²) in [6.07, 6.45) is 8.92. The van der Waals surface area contributed by atoms with Crippen molar-refractivity contribution in [3.8, 4) is 0 Å². The van der Waals surface area contributed by atoms with E-state index < -0.39 is 0 Å². The first-order valence-corrected chi connectivity index (χ1v) is 6.06. The van der Waals surface area contributed by atoms with Crippen LogP contribution in [0.5, 0.6) is 0 Å². The van der Waals surface area contributed by atoms with Crippen LogP contribution in [0.25, 0.3) is 0 Å². The summed E-state index contributed by atoms with van der Waals surface area (Å²) in [6, 6.07) is 10.7. The molecular formula is C16H20O. The van der Waals surface area contributed by atoms with Crippen molar-refractivity contribution in [2.75, 3.05) is 0 Å². The van der Waals surface area contributed by atoms with Gasteiger partial charge in [0, 0.05) is 0 Å². The van der Waals surface area contributed by atoms with Gasteiger partial charge >= 0.3 is 0 Å². The zero-order chi connectivity index (χ0) is 12.5. The predicted octanol–water partition coefficient (Wildman–Crippen LogP) is 4.10. The molecule has 0 saturated heterocycles. The van der Waals surface area contributed by atoms with Gasteiger partial charge in [-0.05, 0) is 38.7 Å². The Morgan fingerprint density at radius 1 is 1.18 bits per heavy atom. The minimum atomic E-state index is 0.750. The molecule has 90 valence electrons. The fourth-order valence-electron chi connectivity index (χ4n) is 1.83. The second-order valence-corrected chi connectivity index (χ2v) is 4.20. The minimum absolute atomic E-state index is 0.750. The molecule has 0 heterocycles. The molecule has 17 heavy (non-hydrogen) atoms. The van der Waals surface area contributed by atoms with Crippen LogP contribution >= 0.6 is 0 Å². The largest absolute Gasteiger partial charge is 0.304 e. The fraction of sp³-hybridized carbons (Fsp3) is 0.312. The van der Waals surface area contributed by atoms with Crippen molar-refractivity contribution in [1.29, 1.82) is 0 Å². The molecule has 1 aliphatic rings. The highest BCUT2D eigenvalue weighted by atomic mass is 16.1. The quantitative estimate of drug-likeness (QED) is 0.712. The van der Waals surface area contributed by atoms with Gasteiger partial charge < -0.3 is 4.79 Å². The molecule has 0 aliphatic heterocycles. The molecule has 1 aliphatic carbocycles. The predicted molar refractivity (Wildman–Crippen MR) is 73.0 cm³/mol. The lowest BCUT2D eigenvalue weighted by Crippen LogP contribution is -1.85. The van der Waals surface area contributed by atoms with E-state index >= 15 is 0 Å². The lowest BCUT2D eigenvalue weighted by Gasteiger charge is -2.00.